The number of nitrogens with one attached hydrogen (secondary N) is 1. The zero-order chi connectivity index (χ0) is 14.2. The largest absolute Gasteiger partial charge is 0.497 e. The van der Waals surface area contributed by atoms with Gasteiger partial charge in [-0.15, -0.1) is 0 Å². The van der Waals surface area contributed by atoms with Crippen LogP contribution in [0, 0.1) is 0 Å². The number of rotatable bonds is 7. The Bertz CT molecular complexity index is 377. The Kier molecular flexibility index (Phi) is 6.11. The number of likely N-dealkylation sites (N-methyl/N-ethyl adjacent to an activating group) is 1. The fraction of sp³-hybridized carbons (Fsp3) is 0.600. The topological polar surface area (TPSA) is 43.0 Å². The van der Waals surface area contributed by atoms with Crippen LogP contribution in [0.5, 0.6) is 11.5 Å². The van der Waals surface area contributed by atoms with Gasteiger partial charge in [0.05, 0.1) is 19.8 Å². The lowest BCUT2D eigenvalue weighted by Gasteiger charge is -2.27. The highest BCUT2D eigenvalue weighted by Crippen LogP contribution is 2.16. The van der Waals surface area contributed by atoms with Gasteiger partial charge in [-0.05, 0) is 31.3 Å². The van der Waals surface area contributed by atoms with E-state index in [1.54, 1.807) is 7.11 Å². The zero-order valence-corrected chi connectivity index (χ0v) is 12.3. The van der Waals surface area contributed by atoms with Gasteiger partial charge in [0.1, 0.15) is 18.1 Å². The molecule has 5 heteroatoms. The second-order valence-electron chi connectivity index (χ2n) is 4.98. The van der Waals surface area contributed by atoms with Gasteiger partial charge in [-0.25, -0.2) is 0 Å². The fourth-order valence-electron chi connectivity index (χ4n) is 2.17. The predicted molar refractivity (Wildman–Crippen MR) is 78.6 cm³/mol. The van der Waals surface area contributed by atoms with E-state index < -0.39 is 0 Å². The van der Waals surface area contributed by atoms with Gasteiger partial charge in [-0.2, -0.15) is 0 Å². The number of morpholine rings is 1. The molecule has 0 amide bonds. The summed E-state index contributed by atoms with van der Waals surface area (Å²) in [6, 6.07) is 7.65. The summed E-state index contributed by atoms with van der Waals surface area (Å²) in [5.74, 6) is 1.71. The molecule has 0 spiro atoms. The molecule has 1 saturated heterocycles. The molecule has 1 aliphatic heterocycles. The van der Waals surface area contributed by atoms with Gasteiger partial charge in [0, 0.05) is 26.2 Å². The van der Waals surface area contributed by atoms with Gasteiger partial charge in [0.15, 0.2) is 0 Å². The first-order valence-electron chi connectivity index (χ1n) is 7.05. The average Bonchev–Trinajstić information content (AvgIpc) is 2.49. The van der Waals surface area contributed by atoms with Crippen molar-refractivity contribution in [2.24, 2.45) is 0 Å². The Balaban J connectivity index is 1.63. The summed E-state index contributed by atoms with van der Waals surface area (Å²) in [4.78, 5) is 2.24. The van der Waals surface area contributed by atoms with Crippen LogP contribution in [0.1, 0.15) is 0 Å². The number of nitrogens with zero attached hydrogens (tertiary/aromatic N) is 1. The third kappa shape index (κ3) is 5.00. The molecule has 1 atom stereocenters. The van der Waals surface area contributed by atoms with Gasteiger partial charge < -0.3 is 24.4 Å². The first kappa shape index (κ1) is 15.1. The molecule has 1 aromatic carbocycles. The van der Waals surface area contributed by atoms with Crippen molar-refractivity contribution >= 4 is 0 Å². The SMILES string of the molecule is COc1ccc(OCCN(C)CC2CNCCO2)cc1. The lowest BCUT2D eigenvalue weighted by atomic mass is 10.3. The lowest BCUT2D eigenvalue weighted by molar-refractivity contribution is 0.00848. The Morgan fingerprint density at radius 2 is 2.05 bits per heavy atom. The van der Waals surface area contributed by atoms with E-state index >= 15 is 0 Å². The third-order valence-corrected chi connectivity index (χ3v) is 3.32. The molecule has 0 radical (unpaired) electrons. The van der Waals surface area contributed by atoms with Crippen molar-refractivity contribution in [3.63, 3.8) is 0 Å². The molecule has 112 valence electrons. The van der Waals surface area contributed by atoms with Crippen LogP contribution in [-0.4, -0.2) is 64.6 Å². The van der Waals surface area contributed by atoms with Crippen molar-refractivity contribution in [1.82, 2.24) is 10.2 Å². The maximum Gasteiger partial charge on any atom is 0.119 e. The molecule has 5 nitrogen and oxygen atoms in total. The van der Waals surface area contributed by atoms with Crippen LogP contribution in [0.3, 0.4) is 0 Å². The van der Waals surface area contributed by atoms with Gasteiger partial charge in [-0.1, -0.05) is 0 Å². The number of benzene rings is 1. The predicted octanol–water partition coefficient (Wildman–Crippen LogP) is 0.994. The summed E-state index contributed by atoms with van der Waals surface area (Å²) in [5, 5.41) is 3.34. The molecular weight excluding hydrogens is 256 g/mol. The Hall–Kier alpha value is -1.30. The zero-order valence-electron chi connectivity index (χ0n) is 12.3. The summed E-state index contributed by atoms with van der Waals surface area (Å²) in [6.07, 6.45) is 0.287. The van der Waals surface area contributed by atoms with E-state index in [9.17, 15) is 0 Å². The van der Waals surface area contributed by atoms with E-state index in [4.69, 9.17) is 14.2 Å². The van der Waals surface area contributed by atoms with E-state index in [0.717, 1.165) is 44.3 Å². The summed E-state index contributed by atoms with van der Waals surface area (Å²) in [5.41, 5.74) is 0. The van der Waals surface area contributed by atoms with Crippen molar-refractivity contribution < 1.29 is 14.2 Å². The first-order chi connectivity index (χ1) is 9.78. The van der Waals surface area contributed by atoms with Crippen LogP contribution in [0.25, 0.3) is 0 Å². The maximum atomic E-state index is 5.71. The Morgan fingerprint density at radius 1 is 1.30 bits per heavy atom. The molecule has 0 aromatic heterocycles. The molecule has 1 fully saturated rings. The third-order valence-electron chi connectivity index (χ3n) is 3.32. The molecule has 1 heterocycles. The first-order valence-corrected chi connectivity index (χ1v) is 7.05. The average molecular weight is 280 g/mol. The number of hydrogen-bond donors (Lipinski definition) is 1. The molecule has 0 bridgehead atoms. The van der Waals surface area contributed by atoms with Crippen LogP contribution in [0.2, 0.25) is 0 Å². The minimum atomic E-state index is 0.287. The van der Waals surface area contributed by atoms with Crippen LogP contribution in [0.4, 0.5) is 0 Å². The highest BCUT2D eigenvalue weighted by atomic mass is 16.5. The summed E-state index contributed by atoms with van der Waals surface area (Å²) < 4.78 is 16.5. The smallest absolute Gasteiger partial charge is 0.119 e. The second kappa shape index (κ2) is 8.09. The maximum absolute atomic E-state index is 5.71. The monoisotopic (exact) mass is 280 g/mol. The molecule has 1 unspecified atom stereocenters. The lowest BCUT2D eigenvalue weighted by Crippen LogP contribution is -2.45. The van der Waals surface area contributed by atoms with E-state index in [1.807, 2.05) is 24.3 Å². The van der Waals surface area contributed by atoms with Crippen LogP contribution < -0.4 is 14.8 Å². The standard InChI is InChI=1S/C15H24N2O3/c1-17(12-15-11-16-7-9-19-15)8-10-20-14-5-3-13(18-2)4-6-14/h3-6,15-16H,7-12H2,1-2H3. The van der Waals surface area contributed by atoms with E-state index in [-0.39, 0.29) is 6.10 Å². The van der Waals surface area contributed by atoms with Crippen LogP contribution >= 0.6 is 0 Å². The normalized spacial score (nSPS) is 19.1. The number of hydrogen-bond acceptors (Lipinski definition) is 5. The Labute approximate surface area is 120 Å². The summed E-state index contributed by atoms with van der Waals surface area (Å²) in [7, 11) is 3.75. The molecule has 0 saturated carbocycles. The van der Waals surface area contributed by atoms with Gasteiger partial charge >= 0.3 is 0 Å². The summed E-state index contributed by atoms with van der Waals surface area (Å²) in [6.45, 7) is 5.18. The molecule has 20 heavy (non-hydrogen) atoms. The van der Waals surface area contributed by atoms with Gasteiger partial charge in [0.2, 0.25) is 0 Å². The van der Waals surface area contributed by atoms with Crippen molar-refractivity contribution in [3.05, 3.63) is 24.3 Å². The molecule has 1 aliphatic rings. The molecular formula is C15H24N2O3. The molecule has 0 aliphatic carbocycles. The van der Waals surface area contributed by atoms with Crippen LogP contribution in [0.15, 0.2) is 24.3 Å². The van der Waals surface area contributed by atoms with Crippen LogP contribution in [-0.2, 0) is 4.74 Å². The highest BCUT2D eigenvalue weighted by Gasteiger charge is 2.15. The number of methoxy groups -OCH3 is 1. The minimum absolute atomic E-state index is 0.287. The second-order valence-corrected chi connectivity index (χ2v) is 4.98. The fourth-order valence-corrected chi connectivity index (χ4v) is 2.17. The van der Waals surface area contributed by atoms with E-state index in [2.05, 4.69) is 17.3 Å². The quantitative estimate of drug-likeness (QED) is 0.807. The number of ether oxygens (including phenoxy) is 3. The molecule has 1 aromatic rings. The van der Waals surface area contributed by atoms with Crippen molar-refractivity contribution in [3.8, 4) is 11.5 Å². The van der Waals surface area contributed by atoms with Crippen molar-refractivity contribution in [2.45, 2.75) is 6.10 Å². The highest BCUT2D eigenvalue weighted by molar-refractivity contribution is 5.31. The Morgan fingerprint density at radius 3 is 2.70 bits per heavy atom. The molecule has 2 rings (SSSR count). The molecule has 1 N–H and O–H groups in total. The van der Waals surface area contributed by atoms with Gasteiger partial charge in [-0.3, -0.25) is 0 Å². The van der Waals surface area contributed by atoms with Gasteiger partial charge in [0.25, 0.3) is 0 Å². The van der Waals surface area contributed by atoms with Crippen molar-refractivity contribution in [2.75, 3.05) is 53.6 Å². The van der Waals surface area contributed by atoms with E-state index in [0.29, 0.717) is 6.61 Å². The summed E-state index contributed by atoms with van der Waals surface area (Å²) >= 11 is 0. The minimum Gasteiger partial charge on any atom is -0.497 e. The van der Waals surface area contributed by atoms with E-state index in [1.165, 1.54) is 0 Å². The van der Waals surface area contributed by atoms with Crippen molar-refractivity contribution in [1.29, 1.82) is 0 Å².